The monoisotopic (exact) mass is 316 g/mol. The summed E-state index contributed by atoms with van der Waals surface area (Å²) in [5, 5.41) is 0. The highest BCUT2D eigenvalue weighted by molar-refractivity contribution is 5.81. The van der Waals surface area contributed by atoms with Crippen LogP contribution >= 0.6 is 0 Å². The maximum atomic E-state index is 12.8. The second kappa shape index (κ2) is 4.18. The Morgan fingerprint density at radius 3 is 1.65 bits per heavy atom. The predicted molar refractivity (Wildman–Crippen MR) is 45.7 cm³/mol. The molecule has 118 valence electrons. The lowest BCUT2D eigenvalue weighted by Crippen LogP contribution is -2.59. The molecule has 1 rings (SSSR count). The molecule has 0 saturated carbocycles. The second-order valence-corrected chi connectivity index (χ2v) is 4.58. The van der Waals surface area contributed by atoms with E-state index in [0.717, 1.165) is 0 Å². The highest BCUT2D eigenvalue weighted by Gasteiger charge is 2.82. The maximum absolute atomic E-state index is 12.8. The van der Waals surface area contributed by atoms with Crippen LogP contribution in [0.4, 0.5) is 35.1 Å². The molecule has 0 aromatic carbocycles. The van der Waals surface area contributed by atoms with Crippen LogP contribution in [0.2, 0.25) is 0 Å². The van der Waals surface area contributed by atoms with Crippen LogP contribution in [-0.4, -0.2) is 35.6 Å². The molecule has 1 saturated heterocycles. The zero-order chi connectivity index (χ0) is 16.2. The van der Waals surface area contributed by atoms with E-state index in [1.807, 2.05) is 0 Å². The standard InChI is InChI=1S/C9H8F8O3/c1-5(3-6(2,10)11)4(18)19-7(20-5,8(12,13)14)9(15,16)17/h3H2,1-2H3. The minimum absolute atomic E-state index is 0.218. The molecule has 0 bridgehead atoms. The number of cyclic esters (lactones) is 1. The van der Waals surface area contributed by atoms with Gasteiger partial charge in [0.05, 0.1) is 6.42 Å². The van der Waals surface area contributed by atoms with Crippen molar-refractivity contribution in [2.75, 3.05) is 0 Å². The Labute approximate surface area is 106 Å². The summed E-state index contributed by atoms with van der Waals surface area (Å²) < 4.78 is 108. The number of halogens is 8. The third-order valence-corrected chi connectivity index (χ3v) is 2.43. The summed E-state index contributed by atoms with van der Waals surface area (Å²) in [6, 6.07) is 0. The number of hydrogen-bond acceptors (Lipinski definition) is 3. The fourth-order valence-corrected chi connectivity index (χ4v) is 1.71. The fraction of sp³-hybridized carbons (Fsp3) is 0.889. The Hall–Kier alpha value is -1.13. The van der Waals surface area contributed by atoms with Gasteiger partial charge in [0.2, 0.25) is 5.92 Å². The molecule has 11 heteroatoms. The van der Waals surface area contributed by atoms with Crippen LogP contribution < -0.4 is 0 Å². The molecule has 1 fully saturated rings. The Balaban J connectivity index is 3.27. The molecule has 1 aliphatic rings. The molecular weight excluding hydrogens is 308 g/mol. The van der Waals surface area contributed by atoms with E-state index in [0.29, 0.717) is 6.92 Å². The minimum Gasteiger partial charge on any atom is -0.414 e. The van der Waals surface area contributed by atoms with E-state index in [2.05, 4.69) is 9.47 Å². The number of esters is 1. The lowest BCUT2D eigenvalue weighted by molar-refractivity contribution is -0.445. The van der Waals surface area contributed by atoms with Crippen molar-refractivity contribution in [2.45, 2.75) is 49.9 Å². The smallest absolute Gasteiger partial charge is 0.414 e. The van der Waals surface area contributed by atoms with Crippen LogP contribution in [-0.2, 0) is 14.3 Å². The average Bonchev–Trinajstić information content (AvgIpc) is 2.34. The lowest BCUT2D eigenvalue weighted by atomic mass is 9.99. The zero-order valence-electron chi connectivity index (χ0n) is 9.96. The van der Waals surface area contributed by atoms with E-state index in [-0.39, 0.29) is 6.92 Å². The fourth-order valence-electron chi connectivity index (χ4n) is 1.71. The van der Waals surface area contributed by atoms with Crippen LogP contribution in [0.1, 0.15) is 20.3 Å². The number of ether oxygens (including phenoxy) is 2. The van der Waals surface area contributed by atoms with Gasteiger partial charge in [0, 0.05) is 0 Å². The quantitative estimate of drug-likeness (QED) is 0.580. The molecule has 0 aromatic heterocycles. The molecule has 0 N–H and O–H groups in total. The van der Waals surface area contributed by atoms with E-state index in [4.69, 9.17) is 0 Å². The van der Waals surface area contributed by atoms with Crippen molar-refractivity contribution < 1.29 is 49.4 Å². The van der Waals surface area contributed by atoms with E-state index >= 15 is 0 Å². The van der Waals surface area contributed by atoms with Gasteiger partial charge in [0.1, 0.15) is 0 Å². The van der Waals surface area contributed by atoms with Crippen molar-refractivity contribution >= 4 is 5.97 Å². The third-order valence-electron chi connectivity index (χ3n) is 2.43. The molecule has 1 heterocycles. The van der Waals surface area contributed by atoms with Crippen LogP contribution in [0.3, 0.4) is 0 Å². The topological polar surface area (TPSA) is 35.5 Å². The summed E-state index contributed by atoms with van der Waals surface area (Å²) in [6.07, 6.45) is -14.0. The molecular formula is C9H8F8O3. The Bertz CT molecular complexity index is 393. The summed E-state index contributed by atoms with van der Waals surface area (Å²) in [6.45, 7) is 0.599. The number of alkyl halides is 8. The second-order valence-electron chi connectivity index (χ2n) is 4.58. The normalized spacial score (nSPS) is 27.6. The van der Waals surface area contributed by atoms with E-state index in [1.54, 1.807) is 0 Å². The van der Waals surface area contributed by atoms with Crippen molar-refractivity contribution in [2.24, 2.45) is 0 Å². The van der Waals surface area contributed by atoms with Gasteiger partial charge in [-0.05, 0) is 13.8 Å². The van der Waals surface area contributed by atoms with Gasteiger partial charge in [-0.15, -0.1) is 0 Å². The van der Waals surface area contributed by atoms with Crippen molar-refractivity contribution in [3.8, 4) is 0 Å². The highest BCUT2D eigenvalue weighted by atomic mass is 19.4. The molecule has 0 spiro atoms. The van der Waals surface area contributed by atoms with Gasteiger partial charge in [-0.3, -0.25) is 0 Å². The Kier molecular flexibility index (Phi) is 3.54. The number of hydrogen-bond donors (Lipinski definition) is 0. The molecule has 0 amide bonds. The van der Waals surface area contributed by atoms with Crippen LogP contribution in [0, 0.1) is 0 Å². The molecule has 0 aromatic rings. The summed E-state index contributed by atoms with van der Waals surface area (Å²) in [5.41, 5.74) is -3.07. The summed E-state index contributed by atoms with van der Waals surface area (Å²) in [4.78, 5) is 11.2. The number of carbonyl (C=O) groups is 1. The van der Waals surface area contributed by atoms with Crippen LogP contribution in [0.15, 0.2) is 0 Å². The first-order valence-electron chi connectivity index (χ1n) is 4.99. The number of carbonyl (C=O) groups excluding carboxylic acids is 1. The summed E-state index contributed by atoms with van der Waals surface area (Å²) >= 11 is 0. The molecule has 1 unspecified atom stereocenters. The lowest BCUT2D eigenvalue weighted by Gasteiger charge is -2.32. The van der Waals surface area contributed by atoms with Crippen molar-refractivity contribution in [1.82, 2.24) is 0 Å². The molecule has 0 radical (unpaired) electrons. The molecule has 1 atom stereocenters. The molecule has 1 aliphatic heterocycles. The van der Waals surface area contributed by atoms with Gasteiger partial charge < -0.3 is 9.47 Å². The van der Waals surface area contributed by atoms with Crippen molar-refractivity contribution in [1.29, 1.82) is 0 Å². The van der Waals surface area contributed by atoms with E-state index < -0.39 is 42.1 Å². The maximum Gasteiger partial charge on any atom is 0.465 e. The zero-order valence-corrected chi connectivity index (χ0v) is 9.96. The van der Waals surface area contributed by atoms with Gasteiger partial charge in [-0.2, -0.15) is 26.3 Å². The van der Waals surface area contributed by atoms with Crippen molar-refractivity contribution in [3.63, 3.8) is 0 Å². The Morgan fingerprint density at radius 1 is 1.00 bits per heavy atom. The first kappa shape index (κ1) is 16.9. The van der Waals surface area contributed by atoms with Gasteiger partial charge in [-0.1, -0.05) is 0 Å². The minimum atomic E-state index is -6.16. The van der Waals surface area contributed by atoms with Crippen molar-refractivity contribution in [3.05, 3.63) is 0 Å². The summed E-state index contributed by atoms with van der Waals surface area (Å²) in [7, 11) is 0. The highest BCUT2D eigenvalue weighted by Crippen LogP contribution is 2.54. The first-order valence-corrected chi connectivity index (χ1v) is 4.99. The van der Waals surface area contributed by atoms with Gasteiger partial charge in [-0.25, -0.2) is 13.6 Å². The number of rotatable bonds is 2. The largest absolute Gasteiger partial charge is 0.465 e. The Morgan fingerprint density at radius 2 is 1.40 bits per heavy atom. The van der Waals surface area contributed by atoms with E-state index in [1.165, 1.54) is 0 Å². The predicted octanol–water partition coefficient (Wildman–Crippen LogP) is 3.18. The van der Waals surface area contributed by atoms with Crippen LogP contribution in [0.25, 0.3) is 0 Å². The average molecular weight is 316 g/mol. The van der Waals surface area contributed by atoms with Gasteiger partial charge in [0.25, 0.3) is 0 Å². The van der Waals surface area contributed by atoms with Gasteiger partial charge >= 0.3 is 24.1 Å². The molecule has 20 heavy (non-hydrogen) atoms. The first-order chi connectivity index (χ1) is 8.54. The van der Waals surface area contributed by atoms with Crippen LogP contribution in [0.5, 0.6) is 0 Å². The SMILES string of the molecule is CC(F)(F)CC1(C)OC(C(F)(F)F)(C(F)(F)F)OC1=O. The molecule has 0 aliphatic carbocycles. The third kappa shape index (κ3) is 2.67. The molecule has 3 nitrogen and oxygen atoms in total. The van der Waals surface area contributed by atoms with Gasteiger partial charge in [0.15, 0.2) is 5.60 Å². The van der Waals surface area contributed by atoms with E-state index in [9.17, 15) is 39.9 Å². The summed E-state index contributed by atoms with van der Waals surface area (Å²) in [5.74, 6) is -11.1.